The molecule has 1 atom stereocenters. The van der Waals surface area contributed by atoms with Gasteiger partial charge in [0.05, 0.1) is 11.4 Å². The molecule has 0 aliphatic carbocycles. The first-order valence-electron chi connectivity index (χ1n) is 8.06. The number of hydrogen-bond acceptors (Lipinski definition) is 4. The van der Waals surface area contributed by atoms with Gasteiger partial charge in [-0.05, 0) is 32.9 Å². The lowest BCUT2D eigenvalue weighted by Crippen LogP contribution is -2.47. The van der Waals surface area contributed by atoms with Gasteiger partial charge < -0.3 is 15.5 Å². The number of rotatable bonds is 2. The van der Waals surface area contributed by atoms with Gasteiger partial charge in [-0.25, -0.2) is 4.79 Å². The first kappa shape index (κ1) is 16.9. The number of para-hydroxylation sites is 2. The Morgan fingerprint density at radius 3 is 2.56 bits per heavy atom. The van der Waals surface area contributed by atoms with Gasteiger partial charge >= 0.3 is 6.03 Å². The summed E-state index contributed by atoms with van der Waals surface area (Å²) in [5, 5.41) is 5.32. The van der Waals surface area contributed by atoms with Crippen LogP contribution in [0.3, 0.4) is 0 Å². The number of amides is 5. The molecule has 2 heterocycles. The molecule has 8 heteroatoms. The van der Waals surface area contributed by atoms with E-state index in [9.17, 15) is 19.2 Å². The number of nitrogens with zero attached hydrogens (tertiary/aromatic N) is 2. The standard InChI is InChI=1S/C17H20N4O4/c1-10-8-13(22)18-11-6-4-5-7-12(11)21(10)14(23)9-20-15(24)17(2,3)19-16(20)25/h4-7,10H,8-9H2,1-3H3,(H,18,22)(H,19,25)/t10-/m1/s1. The molecule has 25 heavy (non-hydrogen) atoms. The van der Waals surface area contributed by atoms with E-state index in [0.717, 1.165) is 4.90 Å². The molecule has 0 unspecified atom stereocenters. The van der Waals surface area contributed by atoms with Crippen molar-refractivity contribution in [3.8, 4) is 0 Å². The molecule has 2 aliphatic heterocycles. The average molecular weight is 344 g/mol. The van der Waals surface area contributed by atoms with Crippen LogP contribution < -0.4 is 15.5 Å². The number of hydrogen-bond donors (Lipinski definition) is 2. The fraction of sp³-hybridized carbons (Fsp3) is 0.412. The van der Waals surface area contributed by atoms with Crippen molar-refractivity contribution in [1.82, 2.24) is 10.2 Å². The molecule has 2 aliphatic rings. The van der Waals surface area contributed by atoms with Crippen LogP contribution in [0, 0.1) is 0 Å². The second kappa shape index (κ2) is 5.87. The van der Waals surface area contributed by atoms with Crippen molar-refractivity contribution in [2.45, 2.75) is 38.8 Å². The van der Waals surface area contributed by atoms with E-state index in [0.29, 0.717) is 11.4 Å². The molecule has 1 aromatic carbocycles. The van der Waals surface area contributed by atoms with Crippen LogP contribution in [0.15, 0.2) is 24.3 Å². The van der Waals surface area contributed by atoms with Crippen molar-refractivity contribution in [3.05, 3.63) is 24.3 Å². The largest absolute Gasteiger partial charge is 0.325 e. The van der Waals surface area contributed by atoms with Gasteiger partial charge in [0, 0.05) is 12.5 Å². The van der Waals surface area contributed by atoms with Crippen LogP contribution >= 0.6 is 0 Å². The highest BCUT2D eigenvalue weighted by Gasteiger charge is 2.45. The quantitative estimate of drug-likeness (QED) is 0.784. The number of carbonyl (C=O) groups excluding carboxylic acids is 4. The summed E-state index contributed by atoms with van der Waals surface area (Å²) >= 11 is 0. The molecule has 1 aromatic rings. The summed E-state index contributed by atoms with van der Waals surface area (Å²) < 4.78 is 0. The molecule has 0 bridgehead atoms. The predicted octanol–water partition coefficient (Wildman–Crippen LogP) is 1.08. The summed E-state index contributed by atoms with van der Waals surface area (Å²) in [5.74, 6) is -1.06. The fourth-order valence-corrected chi connectivity index (χ4v) is 3.14. The van der Waals surface area contributed by atoms with Crippen molar-refractivity contribution < 1.29 is 19.2 Å². The van der Waals surface area contributed by atoms with Gasteiger partial charge in [-0.1, -0.05) is 12.1 Å². The summed E-state index contributed by atoms with van der Waals surface area (Å²) in [6.45, 7) is 4.56. The number of benzene rings is 1. The average Bonchev–Trinajstić information content (AvgIpc) is 2.65. The lowest BCUT2D eigenvalue weighted by molar-refractivity contribution is -0.133. The van der Waals surface area contributed by atoms with Crippen LogP contribution in [0.2, 0.25) is 0 Å². The lowest BCUT2D eigenvalue weighted by atomic mass is 10.1. The van der Waals surface area contributed by atoms with Crippen LogP contribution in [-0.4, -0.2) is 46.8 Å². The fourth-order valence-electron chi connectivity index (χ4n) is 3.14. The summed E-state index contributed by atoms with van der Waals surface area (Å²) in [6.07, 6.45) is 0.131. The minimum atomic E-state index is -1.03. The van der Waals surface area contributed by atoms with E-state index < -0.39 is 29.4 Å². The van der Waals surface area contributed by atoms with E-state index in [4.69, 9.17) is 0 Å². The third-order valence-electron chi connectivity index (χ3n) is 4.37. The molecule has 1 saturated heterocycles. The van der Waals surface area contributed by atoms with Gasteiger partial charge in [0.25, 0.3) is 5.91 Å². The van der Waals surface area contributed by atoms with Gasteiger partial charge in [0.15, 0.2) is 0 Å². The Bertz CT molecular complexity index is 774. The topological polar surface area (TPSA) is 98.8 Å². The van der Waals surface area contributed by atoms with E-state index in [2.05, 4.69) is 10.6 Å². The number of carbonyl (C=O) groups is 4. The summed E-state index contributed by atoms with van der Waals surface area (Å²) in [6, 6.07) is 5.98. The van der Waals surface area contributed by atoms with Gasteiger partial charge in [0.2, 0.25) is 11.8 Å². The molecular formula is C17H20N4O4. The highest BCUT2D eigenvalue weighted by Crippen LogP contribution is 2.31. The van der Waals surface area contributed by atoms with E-state index in [1.807, 2.05) is 0 Å². The van der Waals surface area contributed by atoms with E-state index in [1.165, 1.54) is 4.90 Å². The first-order chi connectivity index (χ1) is 11.7. The molecule has 1 fully saturated rings. The number of imide groups is 1. The van der Waals surface area contributed by atoms with Crippen LogP contribution in [0.1, 0.15) is 27.2 Å². The van der Waals surface area contributed by atoms with Gasteiger partial charge in [-0.2, -0.15) is 0 Å². The van der Waals surface area contributed by atoms with Crippen molar-refractivity contribution in [3.63, 3.8) is 0 Å². The smallest absolute Gasteiger partial charge is 0.324 e. The Hall–Kier alpha value is -2.90. The monoisotopic (exact) mass is 344 g/mol. The second-order valence-electron chi connectivity index (χ2n) is 6.83. The third-order valence-corrected chi connectivity index (χ3v) is 4.37. The normalized spacial score (nSPS) is 22.2. The van der Waals surface area contributed by atoms with Gasteiger partial charge in [-0.3, -0.25) is 19.3 Å². The van der Waals surface area contributed by atoms with Crippen molar-refractivity contribution >= 4 is 35.1 Å². The molecule has 132 valence electrons. The zero-order chi connectivity index (χ0) is 18.4. The van der Waals surface area contributed by atoms with Crippen LogP contribution in [0.25, 0.3) is 0 Å². The number of fused-ring (bicyclic) bond motifs is 1. The van der Waals surface area contributed by atoms with Crippen LogP contribution in [-0.2, 0) is 14.4 Å². The van der Waals surface area contributed by atoms with Crippen molar-refractivity contribution in [1.29, 1.82) is 0 Å². The van der Waals surface area contributed by atoms with E-state index in [-0.39, 0.29) is 18.9 Å². The Morgan fingerprint density at radius 1 is 1.24 bits per heavy atom. The molecule has 3 rings (SSSR count). The Labute approximate surface area is 145 Å². The SMILES string of the molecule is C[C@@H]1CC(=O)Nc2ccccc2N1C(=O)CN1C(=O)NC(C)(C)C1=O. The molecular weight excluding hydrogens is 324 g/mol. The molecule has 0 saturated carbocycles. The maximum absolute atomic E-state index is 12.9. The van der Waals surface area contributed by atoms with E-state index in [1.54, 1.807) is 45.0 Å². The maximum atomic E-state index is 12.9. The molecule has 0 spiro atoms. The van der Waals surface area contributed by atoms with Gasteiger partial charge in [0.1, 0.15) is 12.1 Å². The molecule has 2 N–H and O–H groups in total. The Kier molecular flexibility index (Phi) is 3.98. The van der Waals surface area contributed by atoms with Crippen molar-refractivity contribution in [2.75, 3.05) is 16.8 Å². The lowest BCUT2D eigenvalue weighted by Gasteiger charge is -2.29. The van der Waals surface area contributed by atoms with Gasteiger partial charge in [-0.15, -0.1) is 0 Å². The van der Waals surface area contributed by atoms with Crippen molar-refractivity contribution in [2.24, 2.45) is 0 Å². The highest BCUT2D eigenvalue weighted by atomic mass is 16.2. The number of anilines is 2. The Balaban J connectivity index is 1.90. The minimum absolute atomic E-state index is 0.131. The zero-order valence-corrected chi connectivity index (χ0v) is 14.3. The third kappa shape index (κ3) is 2.95. The number of nitrogens with one attached hydrogen (secondary N) is 2. The molecule has 5 amide bonds. The molecule has 8 nitrogen and oxygen atoms in total. The number of urea groups is 1. The molecule has 0 radical (unpaired) electrons. The van der Waals surface area contributed by atoms with E-state index >= 15 is 0 Å². The second-order valence-corrected chi connectivity index (χ2v) is 6.83. The summed E-state index contributed by atoms with van der Waals surface area (Å²) in [5.41, 5.74) is 0.0527. The predicted molar refractivity (Wildman–Crippen MR) is 91.0 cm³/mol. The van der Waals surface area contributed by atoms with Crippen LogP contribution in [0.4, 0.5) is 16.2 Å². The maximum Gasteiger partial charge on any atom is 0.325 e. The van der Waals surface area contributed by atoms with Crippen LogP contribution in [0.5, 0.6) is 0 Å². The zero-order valence-electron chi connectivity index (χ0n) is 14.3. The molecule has 0 aromatic heterocycles. The minimum Gasteiger partial charge on any atom is -0.324 e. The summed E-state index contributed by atoms with van der Waals surface area (Å²) in [7, 11) is 0. The Morgan fingerprint density at radius 2 is 1.92 bits per heavy atom. The first-order valence-corrected chi connectivity index (χ1v) is 8.06. The highest BCUT2D eigenvalue weighted by molar-refractivity contribution is 6.11. The summed E-state index contributed by atoms with van der Waals surface area (Å²) in [4.78, 5) is 51.6.